The first-order valence-electron chi connectivity index (χ1n) is 24.4. The molecule has 0 heterocycles. The van der Waals surface area contributed by atoms with E-state index in [2.05, 4.69) is 52.2 Å². The second kappa shape index (κ2) is 35.5. The molecule has 0 radical (unpaired) electrons. The van der Waals surface area contributed by atoms with Crippen molar-refractivity contribution < 1.29 is 48.6 Å². The maximum absolute atomic E-state index is 14.3. The van der Waals surface area contributed by atoms with Gasteiger partial charge in [0.15, 0.2) is 17.9 Å². The first-order valence-corrected chi connectivity index (χ1v) is 24.4. The maximum Gasteiger partial charge on any atom is 0.328 e. The van der Waals surface area contributed by atoms with Gasteiger partial charge in [-0.2, -0.15) is 0 Å². The Hall–Kier alpha value is -6.55. The van der Waals surface area contributed by atoms with Gasteiger partial charge >= 0.3 is 5.97 Å². The van der Waals surface area contributed by atoms with Crippen LogP contribution in [0.1, 0.15) is 112 Å². The summed E-state index contributed by atoms with van der Waals surface area (Å²) in [5, 5.41) is 37.1. The second-order valence-electron chi connectivity index (χ2n) is 18.3. The highest BCUT2D eigenvalue weighted by Gasteiger charge is 2.36. The number of carboxylic acids is 1. The zero-order chi connectivity index (χ0) is 55.1. The molecule has 0 aromatic rings. The Morgan fingerprint density at radius 1 is 0.486 bits per heavy atom. The van der Waals surface area contributed by atoms with Crippen LogP contribution in [0.2, 0.25) is 0 Å². The third kappa shape index (κ3) is 27.2. The molecular weight excluding hydrogens is 941 g/mol. The van der Waals surface area contributed by atoms with Crippen molar-refractivity contribution >= 4 is 65.2 Å². The molecule has 0 aliphatic carbocycles. The number of aliphatic hydroxyl groups is 1. The van der Waals surface area contributed by atoms with Gasteiger partial charge in [0.1, 0.15) is 42.3 Å². The number of carbonyl (C=O) groups is 8. The molecule has 0 aliphatic rings. The first-order chi connectivity index (χ1) is 33.8. The monoisotopic (exact) mass is 1030 g/mol. The van der Waals surface area contributed by atoms with Crippen LogP contribution in [-0.2, 0) is 38.4 Å². The van der Waals surface area contributed by atoms with E-state index < -0.39 is 114 Å². The number of nitrogens with one attached hydrogen (secondary N) is 7. The highest BCUT2D eigenvalue weighted by atomic mass is 16.4. The number of carbonyl (C=O) groups excluding carboxylic acids is 7. The summed E-state index contributed by atoms with van der Waals surface area (Å²) in [5.74, 6) is -8.84. The number of amides is 7. The summed E-state index contributed by atoms with van der Waals surface area (Å²) in [4.78, 5) is 120. The standard InChI is InChI=1S/C44H86N18O10/c1-7-25(6)33(62-37(67)28(15-11-19-54-43(49)50)56-34(64)26(46)13-8-9-17-45)40(70)58-29(16-12-20-55-44(51)52)36(66)61-32(24(4)5)39(69)57-27(14-10-18-53-42(47)48)35(65)59-30(21-23(2)3)38(68)60-31(22-63)41(71)72/h23-33,63H,7-22,45-46H2,1-6H3,(H,56,64)(H,57,69)(H,58,70)(H,59,65)(H,60,68)(H,61,66)(H,62,67)(H,71,72)(H4,47,48,53)(H4,49,50,54)(H4,51,52,55)/t25-,26-,27-,28-,29-,30-,31-,32-,33-/m0/s1. The lowest BCUT2D eigenvalue weighted by Gasteiger charge is -2.30. The van der Waals surface area contributed by atoms with Crippen LogP contribution in [0.5, 0.6) is 0 Å². The van der Waals surface area contributed by atoms with E-state index in [-0.39, 0.29) is 88.4 Å². The number of nitrogens with two attached hydrogens (primary N) is 8. The predicted molar refractivity (Wildman–Crippen MR) is 273 cm³/mol. The summed E-state index contributed by atoms with van der Waals surface area (Å²) in [6.45, 7) is 10.0. The summed E-state index contributed by atoms with van der Waals surface area (Å²) < 4.78 is 0. The van der Waals surface area contributed by atoms with E-state index in [1.165, 1.54) is 0 Å². The van der Waals surface area contributed by atoms with Crippen LogP contribution in [0, 0.1) is 17.8 Å². The van der Waals surface area contributed by atoms with E-state index in [1.54, 1.807) is 41.5 Å². The van der Waals surface area contributed by atoms with Crippen LogP contribution in [0.3, 0.4) is 0 Å². The number of nitrogens with zero attached hydrogens (tertiary/aromatic N) is 3. The molecule has 0 unspecified atom stereocenters. The fourth-order valence-electron chi connectivity index (χ4n) is 6.94. The number of rotatable bonds is 37. The molecule has 412 valence electrons. The second-order valence-corrected chi connectivity index (χ2v) is 18.3. The molecule has 0 spiro atoms. The van der Waals surface area contributed by atoms with Gasteiger partial charge in [0, 0.05) is 19.6 Å². The minimum Gasteiger partial charge on any atom is -0.480 e. The smallest absolute Gasteiger partial charge is 0.328 e. The van der Waals surface area contributed by atoms with Crippen molar-refractivity contribution in [2.45, 2.75) is 161 Å². The number of aliphatic hydroxyl groups excluding tert-OH is 1. The third-order valence-corrected chi connectivity index (χ3v) is 11.2. The Morgan fingerprint density at radius 2 is 0.861 bits per heavy atom. The fraction of sp³-hybridized carbons (Fsp3) is 0.750. The number of hydrogen-bond donors (Lipinski definition) is 17. The molecule has 7 amide bonds. The maximum atomic E-state index is 14.3. The lowest BCUT2D eigenvalue weighted by molar-refractivity contribution is -0.143. The number of unbranched alkanes of at least 4 members (excludes halogenated alkanes) is 1. The van der Waals surface area contributed by atoms with Gasteiger partial charge in [-0.3, -0.25) is 48.5 Å². The molecule has 28 nitrogen and oxygen atoms in total. The summed E-state index contributed by atoms with van der Waals surface area (Å²) in [6.07, 6.45) is 2.52. The molecule has 28 heteroatoms. The summed E-state index contributed by atoms with van der Waals surface area (Å²) in [5.41, 5.74) is 44.6. The lowest BCUT2D eigenvalue weighted by atomic mass is 9.96. The van der Waals surface area contributed by atoms with Crippen molar-refractivity contribution in [2.75, 3.05) is 32.8 Å². The molecule has 72 heavy (non-hydrogen) atoms. The van der Waals surface area contributed by atoms with E-state index in [1.807, 2.05) is 0 Å². The van der Waals surface area contributed by atoms with Gasteiger partial charge in [0.05, 0.1) is 12.6 Å². The van der Waals surface area contributed by atoms with Crippen LogP contribution in [0.15, 0.2) is 15.0 Å². The van der Waals surface area contributed by atoms with E-state index >= 15 is 0 Å². The number of hydrogen-bond acceptors (Lipinski definition) is 14. The highest BCUT2D eigenvalue weighted by molar-refractivity contribution is 5.97. The van der Waals surface area contributed by atoms with Crippen molar-refractivity contribution in [3.05, 3.63) is 0 Å². The van der Waals surface area contributed by atoms with Gasteiger partial charge in [-0.25, -0.2) is 4.79 Å². The van der Waals surface area contributed by atoms with Gasteiger partial charge < -0.3 is 93.3 Å². The number of aliphatic imine (C=N–C) groups is 3. The Kier molecular flexibility index (Phi) is 32.3. The molecule has 0 aliphatic heterocycles. The SMILES string of the molecule is CC[C@H](C)[C@H](NC(=O)[C@H](CCCN=C(N)N)NC(=O)[C@@H](N)CCCCN)C(=O)N[C@@H](CCCN=C(N)N)C(=O)N[C@H](C(=O)N[C@@H](CCCN=C(N)N)C(=O)N[C@@H](CC(C)C)C(=O)N[C@@H](CO)C(=O)O)C(C)C. The molecule has 0 aromatic carbocycles. The summed E-state index contributed by atoms with van der Waals surface area (Å²) in [7, 11) is 0. The predicted octanol–water partition coefficient (Wildman–Crippen LogP) is -5.18. The minimum absolute atomic E-state index is 0.0507. The molecule has 0 saturated heterocycles. The molecule has 0 bridgehead atoms. The van der Waals surface area contributed by atoms with Gasteiger partial charge in [0.25, 0.3) is 0 Å². The van der Waals surface area contributed by atoms with Gasteiger partial charge in [-0.05, 0) is 82.1 Å². The average Bonchev–Trinajstić information content (AvgIpc) is 3.30. The van der Waals surface area contributed by atoms with Crippen molar-refractivity contribution in [1.82, 2.24) is 37.2 Å². The lowest BCUT2D eigenvalue weighted by Crippen LogP contribution is -2.61. The van der Waals surface area contributed by atoms with Crippen LogP contribution >= 0.6 is 0 Å². The topological polar surface area (TPSA) is 506 Å². The zero-order valence-electron chi connectivity index (χ0n) is 42.8. The third-order valence-electron chi connectivity index (χ3n) is 11.2. The van der Waals surface area contributed by atoms with Crippen molar-refractivity contribution in [3.63, 3.8) is 0 Å². The largest absolute Gasteiger partial charge is 0.480 e. The quantitative estimate of drug-likeness (QED) is 0.0157. The van der Waals surface area contributed by atoms with Gasteiger partial charge in [-0.15, -0.1) is 0 Å². The minimum atomic E-state index is -1.65. The van der Waals surface area contributed by atoms with Crippen LogP contribution < -0.4 is 83.1 Å². The van der Waals surface area contributed by atoms with Crippen LogP contribution in [-0.4, -0.2) is 157 Å². The zero-order valence-corrected chi connectivity index (χ0v) is 42.8. The van der Waals surface area contributed by atoms with Crippen LogP contribution in [0.4, 0.5) is 0 Å². The molecule has 25 N–H and O–H groups in total. The Labute approximate surface area is 422 Å². The molecule has 9 atom stereocenters. The van der Waals surface area contributed by atoms with Crippen LogP contribution in [0.25, 0.3) is 0 Å². The van der Waals surface area contributed by atoms with E-state index in [4.69, 9.17) is 45.9 Å². The Balaban J connectivity index is 6.85. The number of guanidine groups is 3. The number of aliphatic carboxylic acids is 1. The molecule has 0 rings (SSSR count). The molecule has 0 fully saturated rings. The van der Waals surface area contributed by atoms with E-state index in [0.717, 1.165) is 0 Å². The molecular formula is C44H86N18O10. The molecule has 0 saturated carbocycles. The summed E-state index contributed by atoms with van der Waals surface area (Å²) in [6, 6.07) is -10.3. The van der Waals surface area contributed by atoms with Crippen molar-refractivity contribution in [1.29, 1.82) is 0 Å². The highest BCUT2D eigenvalue weighted by Crippen LogP contribution is 2.14. The van der Waals surface area contributed by atoms with Gasteiger partial charge in [-0.1, -0.05) is 54.4 Å². The first kappa shape index (κ1) is 65.5. The Bertz CT molecular complexity index is 1820. The average molecular weight is 1030 g/mol. The van der Waals surface area contributed by atoms with E-state index in [9.17, 15) is 48.6 Å². The fourth-order valence-corrected chi connectivity index (χ4v) is 6.94. The normalized spacial score (nSPS) is 14.8. The Morgan fingerprint density at radius 3 is 1.24 bits per heavy atom. The number of carboxylic acid groups (broad SMARTS) is 1. The van der Waals surface area contributed by atoms with Crippen molar-refractivity contribution in [2.24, 2.45) is 78.6 Å². The van der Waals surface area contributed by atoms with E-state index in [0.29, 0.717) is 32.2 Å². The van der Waals surface area contributed by atoms with Crippen molar-refractivity contribution in [3.8, 4) is 0 Å². The summed E-state index contributed by atoms with van der Waals surface area (Å²) >= 11 is 0. The van der Waals surface area contributed by atoms with Gasteiger partial charge in [0.2, 0.25) is 41.4 Å². The molecule has 0 aromatic heterocycles.